The monoisotopic (exact) mass is 268 g/mol. The summed E-state index contributed by atoms with van der Waals surface area (Å²) in [7, 11) is 0. The average Bonchev–Trinajstić information content (AvgIpc) is 2.27. The second kappa shape index (κ2) is 5.21. The smallest absolute Gasteiger partial charge is 0.223 e. The van der Waals surface area contributed by atoms with Crippen LogP contribution in [0.5, 0.6) is 0 Å². The van der Waals surface area contributed by atoms with Gasteiger partial charge in [0, 0.05) is 17.6 Å². The van der Waals surface area contributed by atoms with Gasteiger partial charge in [-0.25, -0.2) is 4.98 Å². The first-order chi connectivity index (χ1) is 8.13. The summed E-state index contributed by atoms with van der Waals surface area (Å²) in [5.41, 5.74) is 6.57. The molecule has 2 rings (SSSR count). The zero-order valence-corrected chi connectivity index (χ0v) is 10.3. The lowest BCUT2D eigenvalue weighted by Gasteiger charge is -2.06. The predicted molar refractivity (Wildman–Crippen MR) is 70.2 cm³/mol. The van der Waals surface area contributed by atoms with Gasteiger partial charge in [0.2, 0.25) is 5.95 Å². The van der Waals surface area contributed by atoms with Crippen molar-refractivity contribution in [2.45, 2.75) is 6.54 Å². The molecular weight excluding hydrogens is 259 g/mol. The first-order valence-electron chi connectivity index (χ1n) is 4.92. The number of nitrogen functional groups attached to an aromatic ring is 1. The zero-order valence-electron chi connectivity index (χ0n) is 8.82. The third-order valence-corrected chi connectivity index (χ3v) is 2.54. The third kappa shape index (κ3) is 3.47. The molecule has 0 saturated carbocycles. The normalized spacial score (nSPS) is 10.2. The van der Waals surface area contributed by atoms with Crippen LogP contribution in [-0.4, -0.2) is 9.97 Å². The summed E-state index contributed by atoms with van der Waals surface area (Å²) >= 11 is 11.6. The molecule has 0 atom stereocenters. The van der Waals surface area contributed by atoms with Crippen LogP contribution in [0.25, 0.3) is 0 Å². The summed E-state index contributed by atoms with van der Waals surface area (Å²) in [6, 6.07) is 9.15. The maximum Gasteiger partial charge on any atom is 0.223 e. The van der Waals surface area contributed by atoms with Gasteiger partial charge in [-0.1, -0.05) is 35.3 Å². The summed E-state index contributed by atoms with van der Waals surface area (Å²) in [5.74, 6) is 0.744. The Morgan fingerprint density at radius 2 is 1.82 bits per heavy atom. The van der Waals surface area contributed by atoms with Crippen LogP contribution in [0.3, 0.4) is 0 Å². The molecule has 0 spiro atoms. The van der Waals surface area contributed by atoms with Crippen LogP contribution in [-0.2, 0) is 6.54 Å². The number of benzene rings is 1. The van der Waals surface area contributed by atoms with E-state index in [1.165, 1.54) is 0 Å². The number of halogens is 2. The fraction of sp³-hybridized carbons (Fsp3) is 0.0909. The molecule has 1 aromatic carbocycles. The summed E-state index contributed by atoms with van der Waals surface area (Å²) in [6.45, 7) is 0.615. The molecule has 4 nitrogen and oxygen atoms in total. The number of nitrogens with two attached hydrogens (primary N) is 1. The van der Waals surface area contributed by atoms with E-state index in [-0.39, 0.29) is 5.95 Å². The predicted octanol–water partition coefficient (Wildman–Crippen LogP) is 2.98. The highest BCUT2D eigenvalue weighted by atomic mass is 35.5. The lowest BCUT2D eigenvalue weighted by atomic mass is 10.2. The third-order valence-electron chi connectivity index (χ3n) is 2.10. The Labute approximate surface area is 109 Å². The maximum atomic E-state index is 5.80. The molecule has 0 fully saturated rings. The van der Waals surface area contributed by atoms with Crippen molar-refractivity contribution >= 4 is 35.0 Å². The highest BCUT2D eigenvalue weighted by Gasteiger charge is 2.00. The molecule has 0 unspecified atom stereocenters. The van der Waals surface area contributed by atoms with Gasteiger partial charge >= 0.3 is 0 Å². The van der Waals surface area contributed by atoms with Gasteiger partial charge in [-0.2, -0.15) is 4.98 Å². The number of hydrogen-bond acceptors (Lipinski definition) is 4. The Morgan fingerprint density at radius 1 is 1.12 bits per heavy atom. The minimum Gasteiger partial charge on any atom is -0.368 e. The van der Waals surface area contributed by atoms with Crippen molar-refractivity contribution in [3.63, 3.8) is 0 Å². The molecule has 0 aliphatic carbocycles. The minimum absolute atomic E-state index is 0.149. The lowest BCUT2D eigenvalue weighted by molar-refractivity contribution is 1.09. The Balaban J connectivity index is 2.04. The summed E-state index contributed by atoms with van der Waals surface area (Å²) in [4.78, 5) is 7.79. The zero-order chi connectivity index (χ0) is 12.3. The van der Waals surface area contributed by atoms with Gasteiger partial charge in [-0.05, 0) is 17.7 Å². The Bertz CT molecular complexity index is 493. The largest absolute Gasteiger partial charge is 0.368 e. The molecule has 0 aliphatic rings. The van der Waals surface area contributed by atoms with E-state index in [2.05, 4.69) is 15.3 Å². The highest BCUT2D eigenvalue weighted by molar-refractivity contribution is 6.30. The molecule has 0 amide bonds. The molecular formula is C11H10Cl2N4. The second-order valence-corrected chi connectivity index (χ2v) is 4.24. The van der Waals surface area contributed by atoms with Gasteiger partial charge in [-0.3, -0.25) is 0 Å². The summed E-state index contributed by atoms with van der Waals surface area (Å²) in [6.07, 6.45) is 0. The number of nitrogens with zero attached hydrogens (tertiary/aromatic N) is 2. The molecule has 0 bridgehead atoms. The maximum absolute atomic E-state index is 5.80. The van der Waals surface area contributed by atoms with Gasteiger partial charge in [0.15, 0.2) is 0 Å². The van der Waals surface area contributed by atoms with Crippen molar-refractivity contribution in [2.24, 2.45) is 0 Å². The van der Waals surface area contributed by atoms with Crippen molar-refractivity contribution in [1.29, 1.82) is 0 Å². The van der Waals surface area contributed by atoms with Crippen molar-refractivity contribution in [3.05, 3.63) is 46.1 Å². The van der Waals surface area contributed by atoms with Gasteiger partial charge in [0.25, 0.3) is 0 Å². The van der Waals surface area contributed by atoms with E-state index in [0.717, 1.165) is 5.56 Å². The topological polar surface area (TPSA) is 63.8 Å². The SMILES string of the molecule is Nc1nc(Cl)cc(NCc2ccc(Cl)cc2)n1. The standard InChI is InChI=1S/C11H10Cl2N4/c12-8-3-1-7(2-4-8)6-15-10-5-9(13)16-11(14)17-10/h1-5H,6H2,(H3,14,15,16,17). The van der Waals surface area contributed by atoms with Crippen LogP contribution < -0.4 is 11.1 Å². The minimum atomic E-state index is 0.149. The quantitative estimate of drug-likeness (QED) is 0.841. The van der Waals surface area contributed by atoms with Gasteiger partial charge in [0.1, 0.15) is 11.0 Å². The average molecular weight is 269 g/mol. The fourth-order valence-corrected chi connectivity index (χ4v) is 1.64. The number of rotatable bonds is 3. The van der Waals surface area contributed by atoms with Crippen LogP contribution in [0, 0.1) is 0 Å². The lowest BCUT2D eigenvalue weighted by Crippen LogP contribution is -2.04. The van der Waals surface area contributed by atoms with Crippen LogP contribution in [0.2, 0.25) is 10.2 Å². The summed E-state index contributed by atoms with van der Waals surface area (Å²) < 4.78 is 0. The van der Waals surface area contributed by atoms with Crippen LogP contribution in [0.1, 0.15) is 5.56 Å². The molecule has 17 heavy (non-hydrogen) atoms. The Morgan fingerprint density at radius 3 is 2.47 bits per heavy atom. The summed E-state index contributed by atoms with van der Waals surface area (Å²) in [5, 5.41) is 4.13. The number of nitrogens with one attached hydrogen (secondary N) is 1. The second-order valence-electron chi connectivity index (χ2n) is 3.41. The molecule has 88 valence electrons. The van der Waals surface area contributed by atoms with E-state index in [1.807, 2.05) is 24.3 Å². The van der Waals surface area contributed by atoms with Gasteiger partial charge in [-0.15, -0.1) is 0 Å². The first kappa shape index (κ1) is 12.0. The number of anilines is 2. The molecule has 6 heteroatoms. The fourth-order valence-electron chi connectivity index (χ4n) is 1.32. The first-order valence-corrected chi connectivity index (χ1v) is 5.67. The molecule has 0 radical (unpaired) electrons. The van der Waals surface area contributed by atoms with Crippen molar-refractivity contribution in [2.75, 3.05) is 11.1 Å². The molecule has 1 heterocycles. The van der Waals surface area contributed by atoms with Crippen LogP contribution in [0.15, 0.2) is 30.3 Å². The highest BCUT2D eigenvalue weighted by Crippen LogP contribution is 2.14. The molecule has 0 aliphatic heterocycles. The van der Waals surface area contributed by atoms with Gasteiger partial charge < -0.3 is 11.1 Å². The van der Waals surface area contributed by atoms with Crippen LogP contribution in [0.4, 0.5) is 11.8 Å². The Hall–Kier alpha value is -1.52. The van der Waals surface area contributed by atoms with Crippen molar-refractivity contribution < 1.29 is 0 Å². The molecule has 1 aromatic heterocycles. The van der Waals surface area contributed by atoms with Gasteiger partial charge in [0.05, 0.1) is 0 Å². The Kier molecular flexibility index (Phi) is 3.66. The number of hydrogen-bond donors (Lipinski definition) is 2. The van der Waals surface area contributed by atoms with E-state index in [9.17, 15) is 0 Å². The molecule has 0 saturated heterocycles. The van der Waals surface area contributed by atoms with Crippen molar-refractivity contribution in [1.82, 2.24) is 9.97 Å². The molecule has 3 N–H and O–H groups in total. The van der Waals surface area contributed by atoms with E-state index >= 15 is 0 Å². The van der Waals surface area contributed by atoms with Crippen molar-refractivity contribution in [3.8, 4) is 0 Å². The molecule has 2 aromatic rings. The van der Waals surface area contributed by atoms with E-state index in [0.29, 0.717) is 22.5 Å². The van der Waals surface area contributed by atoms with E-state index in [4.69, 9.17) is 28.9 Å². The van der Waals surface area contributed by atoms with E-state index < -0.39 is 0 Å². The van der Waals surface area contributed by atoms with E-state index in [1.54, 1.807) is 6.07 Å². The van der Waals surface area contributed by atoms with Crippen LogP contribution >= 0.6 is 23.2 Å². The number of aromatic nitrogens is 2.